The molecular weight excluding hydrogens is 248 g/mol. The maximum atomic E-state index is 11.1. The Hall–Kier alpha value is -1.46. The van der Waals surface area contributed by atoms with Crippen LogP contribution >= 0.6 is 22.9 Å². The number of carboxylic acid groups (broad SMARTS) is 1. The highest BCUT2D eigenvalue weighted by Crippen LogP contribution is 2.28. The van der Waals surface area contributed by atoms with E-state index in [9.17, 15) is 4.79 Å². The third-order valence-corrected chi connectivity index (χ3v) is 3.08. The Labute approximate surface area is 101 Å². The van der Waals surface area contributed by atoms with Crippen LogP contribution in [-0.2, 0) is 0 Å². The summed E-state index contributed by atoms with van der Waals surface area (Å²) in [7, 11) is 0. The summed E-state index contributed by atoms with van der Waals surface area (Å²) < 4.78 is 0. The van der Waals surface area contributed by atoms with E-state index in [1.165, 1.54) is 11.3 Å². The first kappa shape index (κ1) is 11.0. The van der Waals surface area contributed by atoms with Gasteiger partial charge in [0.15, 0.2) is 0 Å². The van der Waals surface area contributed by atoms with E-state index < -0.39 is 5.97 Å². The molecule has 6 heteroatoms. The van der Waals surface area contributed by atoms with Gasteiger partial charge in [-0.15, -0.1) is 11.3 Å². The molecule has 1 N–H and O–H groups in total. The third kappa shape index (κ3) is 1.91. The number of carbonyl (C=O) groups is 1. The summed E-state index contributed by atoms with van der Waals surface area (Å²) in [5.41, 5.74) is 0.850. The summed E-state index contributed by atoms with van der Waals surface area (Å²) in [6, 6.07) is 3.63. The summed E-state index contributed by atoms with van der Waals surface area (Å²) in [6.45, 7) is 1.61. The van der Waals surface area contributed by atoms with Crippen molar-refractivity contribution in [3.8, 4) is 10.6 Å². The molecule has 4 nitrogen and oxygen atoms in total. The summed E-state index contributed by atoms with van der Waals surface area (Å²) in [5, 5.41) is 11.0. The van der Waals surface area contributed by atoms with Crippen LogP contribution in [0.25, 0.3) is 10.6 Å². The lowest BCUT2D eigenvalue weighted by atomic mass is 10.1. The van der Waals surface area contributed by atoms with Gasteiger partial charge in [-0.2, -0.15) is 0 Å². The first-order chi connectivity index (χ1) is 7.59. The lowest BCUT2D eigenvalue weighted by molar-refractivity contribution is 0.0696. The van der Waals surface area contributed by atoms with E-state index in [0.717, 1.165) is 4.88 Å². The van der Waals surface area contributed by atoms with Crippen molar-refractivity contribution >= 4 is 28.9 Å². The zero-order valence-electron chi connectivity index (χ0n) is 8.27. The molecule has 2 rings (SSSR count). The second kappa shape index (κ2) is 4.19. The molecular formula is C10H7ClN2O2S. The lowest BCUT2D eigenvalue weighted by Gasteiger charge is -2.05. The van der Waals surface area contributed by atoms with E-state index in [1.54, 1.807) is 13.0 Å². The average molecular weight is 255 g/mol. The Morgan fingerprint density at radius 2 is 2.25 bits per heavy atom. The van der Waals surface area contributed by atoms with Gasteiger partial charge in [0.05, 0.1) is 16.3 Å². The normalized spacial score (nSPS) is 10.4. The fourth-order valence-electron chi connectivity index (χ4n) is 1.39. The summed E-state index contributed by atoms with van der Waals surface area (Å²) >= 11 is 7.15. The van der Waals surface area contributed by atoms with Gasteiger partial charge in [0, 0.05) is 0 Å². The van der Waals surface area contributed by atoms with Crippen LogP contribution in [0.5, 0.6) is 0 Å². The first-order valence-corrected chi connectivity index (χ1v) is 5.66. The van der Waals surface area contributed by atoms with Crippen LogP contribution in [0.2, 0.25) is 5.28 Å². The highest BCUT2D eigenvalue weighted by Gasteiger charge is 2.19. The fourth-order valence-corrected chi connectivity index (χ4v) is 2.32. The standard InChI is InChI=1S/C10H7ClN2O2S/c1-5-7(9(14)15)8(13-10(11)12-5)6-3-2-4-16-6/h2-4H,1H3,(H,14,15). The number of rotatable bonds is 2. The number of hydrogen-bond acceptors (Lipinski definition) is 4. The first-order valence-electron chi connectivity index (χ1n) is 4.41. The summed E-state index contributed by atoms with van der Waals surface area (Å²) in [6.07, 6.45) is 0. The number of hydrogen-bond donors (Lipinski definition) is 1. The van der Waals surface area contributed by atoms with Gasteiger partial charge in [-0.3, -0.25) is 0 Å². The van der Waals surface area contributed by atoms with Crippen molar-refractivity contribution in [3.05, 3.63) is 34.1 Å². The minimum absolute atomic E-state index is 0.0610. The maximum absolute atomic E-state index is 11.1. The zero-order chi connectivity index (χ0) is 11.7. The Kier molecular flexibility index (Phi) is 2.89. The Morgan fingerprint density at radius 3 is 2.81 bits per heavy atom. The van der Waals surface area contributed by atoms with Crippen LogP contribution in [0.1, 0.15) is 16.1 Å². The molecule has 0 atom stereocenters. The molecule has 2 aromatic rings. The van der Waals surface area contributed by atoms with E-state index in [4.69, 9.17) is 16.7 Å². The number of aromatic nitrogens is 2. The molecule has 0 aromatic carbocycles. The number of thiophene rings is 1. The van der Waals surface area contributed by atoms with Crippen LogP contribution in [0.4, 0.5) is 0 Å². The molecule has 0 fully saturated rings. The van der Waals surface area contributed by atoms with Crippen molar-refractivity contribution in [2.75, 3.05) is 0 Å². The van der Waals surface area contributed by atoms with Crippen LogP contribution in [0.3, 0.4) is 0 Å². The van der Waals surface area contributed by atoms with Gasteiger partial charge < -0.3 is 5.11 Å². The molecule has 0 bridgehead atoms. The van der Waals surface area contributed by atoms with E-state index in [-0.39, 0.29) is 10.8 Å². The highest BCUT2D eigenvalue weighted by molar-refractivity contribution is 7.13. The van der Waals surface area contributed by atoms with Crippen molar-refractivity contribution in [3.63, 3.8) is 0 Å². The molecule has 0 saturated carbocycles. The predicted octanol–water partition coefficient (Wildman–Crippen LogP) is 2.87. The number of aromatic carboxylic acids is 1. The van der Waals surface area contributed by atoms with E-state index in [1.807, 2.05) is 11.4 Å². The minimum Gasteiger partial charge on any atom is -0.478 e. The molecule has 0 aliphatic rings. The number of halogens is 1. The second-order valence-corrected chi connectivity index (χ2v) is 4.37. The van der Waals surface area contributed by atoms with Gasteiger partial charge in [0.25, 0.3) is 0 Å². The van der Waals surface area contributed by atoms with E-state index in [2.05, 4.69) is 9.97 Å². The van der Waals surface area contributed by atoms with Gasteiger partial charge in [0.1, 0.15) is 5.56 Å². The number of nitrogens with zero attached hydrogens (tertiary/aromatic N) is 2. The lowest BCUT2D eigenvalue weighted by Crippen LogP contribution is -2.06. The van der Waals surface area contributed by atoms with Crippen molar-refractivity contribution in [1.82, 2.24) is 9.97 Å². The van der Waals surface area contributed by atoms with Crippen molar-refractivity contribution in [2.45, 2.75) is 6.92 Å². The topological polar surface area (TPSA) is 63.1 Å². The predicted molar refractivity (Wildman–Crippen MR) is 62.1 cm³/mol. The van der Waals surface area contributed by atoms with Crippen LogP contribution in [0, 0.1) is 6.92 Å². The second-order valence-electron chi connectivity index (χ2n) is 3.08. The monoisotopic (exact) mass is 254 g/mol. The van der Waals surface area contributed by atoms with E-state index >= 15 is 0 Å². The summed E-state index contributed by atoms with van der Waals surface area (Å²) in [5.74, 6) is -1.04. The average Bonchev–Trinajstić information content (AvgIpc) is 2.67. The molecule has 0 amide bonds. The third-order valence-electron chi connectivity index (χ3n) is 2.03. The Balaban J connectivity index is 2.72. The van der Waals surface area contributed by atoms with Crippen molar-refractivity contribution < 1.29 is 9.90 Å². The molecule has 0 unspecified atom stereocenters. The van der Waals surface area contributed by atoms with Crippen LogP contribution in [-0.4, -0.2) is 21.0 Å². The summed E-state index contributed by atoms with van der Waals surface area (Å²) in [4.78, 5) is 19.7. The van der Waals surface area contributed by atoms with Gasteiger partial charge in [0.2, 0.25) is 5.28 Å². The SMILES string of the molecule is Cc1nc(Cl)nc(-c2cccs2)c1C(=O)O. The molecule has 0 radical (unpaired) electrons. The fraction of sp³-hybridized carbons (Fsp3) is 0.100. The van der Waals surface area contributed by atoms with Crippen LogP contribution in [0.15, 0.2) is 17.5 Å². The highest BCUT2D eigenvalue weighted by atomic mass is 35.5. The number of aryl methyl sites for hydroxylation is 1. The number of carboxylic acids is 1. The Morgan fingerprint density at radius 1 is 1.50 bits per heavy atom. The molecule has 82 valence electrons. The maximum Gasteiger partial charge on any atom is 0.339 e. The zero-order valence-corrected chi connectivity index (χ0v) is 9.84. The molecule has 0 aliphatic heterocycles. The molecule has 0 spiro atoms. The van der Waals surface area contributed by atoms with Gasteiger partial charge in [-0.1, -0.05) is 6.07 Å². The molecule has 2 heterocycles. The molecule has 0 aliphatic carbocycles. The minimum atomic E-state index is -1.04. The van der Waals surface area contributed by atoms with Gasteiger partial charge in [-0.05, 0) is 30.0 Å². The van der Waals surface area contributed by atoms with Crippen molar-refractivity contribution in [2.24, 2.45) is 0 Å². The largest absolute Gasteiger partial charge is 0.478 e. The molecule has 2 aromatic heterocycles. The van der Waals surface area contributed by atoms with E-state index in [0.29, 0.717) is 11.4 Å². The quantitative estimate of drug-likeness (QED) is 0.837. The molecule has 0 saturated heterocycles. The molecule has 16 heavy (non-hydrogen) atoms. The smallest absolute Gasteiger partial charge is 0.339 e. The van der Waals surface area contributed by atoms with Gasteiger partial charge in [-0.25, -0.2) is 14.8 Å². The Bertz CT molecular complexity index is 540. The van der Waals surface area contributed by atoms with Gasteiger partial charge >= 0.3 is 5.97 Å². The van der Waals surface area contributed by atoms with Crippen LogP contribution < -0.4 is 0 Å². The van der Waals surface area contributed by atoms with Crippen molar-refractivity contribution in [1.29, 1.82) is 0 Å².